The van der Waals surface area contributed by atoms with E-state index in [2.05, 4.69) is 21.2 Å². The molecule has 3 rings (SSSR count). The number of hydrogen-bond donors (Lipinski definition) is 1. The van der Waals surface area contributed by atoms with Crippen molar-refractivity contribution in [3.8, 4) is 0 Å². The van der Waals surface area contributed by atoms with Crippen molar-refractivity contribution >= 4 is 27.6 Å². The molecule has 1 aromatic heterocycles. The van der Waals surface area contributed by atoms with Gasteiger partial charge in [-0.15, -0.1) is 0 Å². The number of furan rings is 1. The zero-order valence-corrected chi connectivity index (χ0v) is 14.3. The number of nitrogens with one attached hydrogen (secondary N) is 1. The minimum absolute atomic E-state index is 0.0925. The van der Waals surface area contributed by atoms with Crippen molar-refractivity contribution in [2.24, 2.45) is 0 Å². The molecule has 122 valence electrons. The first-order chi connectivity index (χ1) is 11.2. The van der Waals surface area contributed by atoms with Gasteiger partial charge in [0.05, 0.1) is 24.6 Å². The summed E-state index contributed by atoms with van der Waals surface area (Å²) in [4.78, 5) is 14.4. The van der Waals surface area contributed by atoms with Crippen molar-refractivity contribution in [2.45, 2.75) is 25.5 Å². The normalized spacial score (nSPS) is 17.2. The van der Waals surface area contributed by atoms with E-state index < -0.39 is 0 Å². The number of nitrogens with zero attached hydrogens (tertiary/aromatic N) is 1. The van der Waals surface area contributed by atoms with Crippen LogP contribution in [-0.2, 0) is 11.3 Å². The molecular weight excluding hydrogens is 360 g/mol. The first kappa shape index (κ1) is 16.1. The van der Waals surface area contributed by atoms with Crippen molar-refractivity contribution in [3.05, 3.63) is 52.9 Å². The summed E-state index contributed by atoms with van der Waals surface area (Å²) in [6.45, 7) is 1.74. The van der Waals surface area contributed by atoms with Gasteiger partial charge in [-0.1, -0.05) is 12.1 Å². The highest BCUT2D eigenvalue weighted by molar-refractivity contribution is 9.10. The number of ether oxygens (including phenoxy) is 1. The van der Waals surface area contributed by atoms with Crippen LogP contribution >= 0.6 is 15.9 Å². The average molecular weight is 379 g/mol. The summed E-state index contributed by atoms with van der Waals surface area (Å²) in [6, 6.07) is 11.1. The summed E-state index contributed by atoms with van der Waals surface area (Å²) in [5.41, 5.74) is 0.745. The Labute approximate surface area is 143 Å². The maximum atomic E-state index is 12.7. The van der Waals surface area contributed by atoms with Crippen LogP contribution < -0.4 is 5.32 Å². The first-order valence-corrected chi connectivity index (χ1v) is 8.46. The molecule has 2 amide bonds. The Morgan fingerprint density at radius 2 is 2.17 bits per heavy atom. The molecule has 0 saturated carbocycles. The highest BCUT2D eigenvalue weighted by Crippen LogP contribution is 2.22. The van der Waals surface area contributed by atoms with E-state index in [1.807, 2.05) is 36.4 Å². The summed E-state index contributed by atoms with van der Waals surface area (Å²) in [5, 5.41) is 2.94. The maximum absolute atomic E-state index is 12.7. The summed E-state index contributed by atoms with van der Waals surface area (Å²) in [7, 11) is 0. The summed E-state index contributed by atoms with van der Waals surface area (Å²) >= 11 is 3.45. The van der Waals surface area contributed by atoms with E-state index in [1.54, 1.807) is 11.2 Å². The zero-order valence-electron chi connectivity index (χ0n) is 12.7. The fraction of sp³-hybridized carbons (Fsp3) is 0.353. The van der Waals surface area contributed by atoms with Crippen molar-refractivity contribution in [1.82, 2.24) is 4.90 Å². The van der Waals surface area contributed by atoms with Crippen LogP contribution in [0, 0.1) is 0 Å². The van der Waals surface area contributed by atoms with Crippen LogP contribution in [-0.4, -0.2) is 30.2 Å². The van der Waals surface area contributed by atoms with Crippen LogP contribution in [0.25, 0.3) is 0 Å². The SMILES string of the molecule is O=C(Nc1ccccc1Br)N(Cc1ccco1)CC1CCCO1. The molecule has 1 aliphatic heterocycles. The minimum atomic E-state index is -0.163. The number of para-hydroxylation sites is 1. The van der Waals surface area contributed by atoms with Gasteiger partial charge in [0.25, 0.3) is 0 Å². The van der Waals surface area contributed by atoms with Crippen LogP contribution in [0.1, 0.15) is 18.6 Å². The van der Waals surface area contributed by atoms with Crippen LogP contribution in [0.5, 0.6) is 0 Å². The molecule has 0 spiro atoms. The van der Waals surface area contributed by atoms with Gasteiger partial charge >= 0.3 is 6.03 Å². The van der Waals surface area contributed by atoms with E-state index in [9.17, 15) is 4.79 Å². The molecule has 1 aromatic carbocycles. The lowest BCUT2D eigenvalue weighted by atomic mass is 10.2. The molecule has 1 N–H and O–H groups in total. The molecule has 1 fully saturated rings. The largest absolute Gasteiger partial charge is 0.467 e. The predicted molar refractivity (Wildman–Crippen MR) is 91.3 cm³/mol. The topological polar surface area (TPSA) is 54.7 Å². The van der Waals surface area contributed by atoms with Gasteiger partial charge in [0.15, 0.2) is 0 Å². The quantitative estimate of drug-likeness (QED) is 0.845. The highest BCUT2D eigenvalue weighted by atomic mass is 79.9. The molecule has 1 unspecified atom stereocenters. The molecule has 1 atom stereocenters. The minimum Gasteiger partial charge on any atom is -0.467 e. The smallest absolute Gasteiger partial charge is 0.322 e. The number of rotatable bonds is 5. The molecule has 0 radical (unpaired) electrons. The van der Waals surface area contributed by atoms with E-state index in [0.717, 1.165) is 35.4 Å². The van der Waals surface area contributed by atoms with Crippen molar-refractivity contribution in [1.29, 1.82) is 0 Å². The Hall–Kier alpha value is -1.79. The number of anilines is 1. The Balaban J connectivity index is 1.70. The molecular formula is C17H19BrN2O3. The predicted octanol–water partition coefficient (Wildman–Crippen LogP) is 4.26. The number of carbonyl (C=O) groups excluding carboxylic acids is 1. The second-order valence-corrected chi connectivity index (χ2v) is 6.36. The Kier molecular flexibility index (Phi) is 5.35. The molecule has 6 heteroatoms. The number of hydrogen-bond acceptors (Lipinski definition) is 3. The fourth-order valence-electron chi connectivity index (χ4n) is 2.60. The molecule has 23 heavy (non-hydrogen) atoms. The van der Waals surface area contributed by atoms with Crippen LogP contribution in [0.4, 0.5) is 10.5 Å². The zero-order chi connectivity index (χ0) is 16.1. The van der Waals surface area contributed by atoms with E-state index in [-0.39, 0.29) is 12.1 Å². The number of halogens is 1. The van der Waals surface area contributed by atoms with Gasteiger partial charge in [0.2, 0.25) is 0 Å². The summed E-state index contributed by atoms with van der Waals surface area (Å²) in [5.74, 6) is 0.755. The lowest BCUT2D eigenvalue weighted by molar-refractivity contribution is 0.0803. The Morgan fingerprint density at radius 3 is 2.87 bits per heavy atom. The second-order valence-electron chi connectivity index (χ2n) is 5.50. The summed E-state index contributed by atoms with van der Waals surface area (Å²) < 4.78 is 11.9. The van der Waals surface area contributed by atoms with Crippen LogP contribution in [0.15, 0.2) is 51.6 Å². The highest BCUT2D eigenvalue weighted by Gasteiger charge is 2.23. The van der Waals surface area contributed by atoms with Gasteiger partial charge in [-0.25, -0.2) is 4.79 Å². The van der Waals surface area contributed by atoms with E-state index in [1.165, 1.54) is 0 Å². The molecule has 1 saturated heterocycles. The van der Waals surface area contributed by atoms with Crippen molar-refractivity contribution < 1.29 is 13.9 Å². The molecule has 2 aromatic rings. The lowest BCUT2D eigenvalue weighted by Crippen LogP contribution is -2.39. The molecule has 1 aliphatic rings. The van der Waals surface area contributed by atoms with E-state index in [4.69, 9.17) is 9.15 Å². The van der Waals surface area contributed by atoms with E-state index >= 15 is 0 Å². The molecule has 5 nitrogen and oxygen atoms in total. The Morgan fingerprint density at radius 1 is 1.30 bits per heavy atom. The van der Waals surface area contributed by atoms with Gasteiger partial charge in [-0.2, -0.15) is 0 Å². The fourth-order valence-corrected chi connectivity index (χ4v) is 2.98. The number of carbonyl (C=O) groups is 1. The lowest BCUT2D eigenvalue weighted by Gasteiger charge is -2.25. The van der Waals surface area contributed by atoms with Gasteiger partial charge < -0.3 is 19.4 Å². The maximum Gasteiger partial charge on any atom is 0.322 e. The average Bonchev–Trinajstić information content (AvgIpc) is 3.22. The van der Waals surface area contributed by atoms with Crippen LogP contribution in [0.3, 0.4) is 0 Å². The van der Waals surface area contributed by atoms with E-state index in [0.29, 0.717) is 13.1 Å². The second kappa shape index (κ2) is 7.66. The number of urea groups is 1. The standard InChI is InChI=1S/C17H19BrN2O3/c18-15-7-1-2-8-16(15)19-17(21)20(11-13-5-3-9-22-13)12-14-6-4-10-23-14/h1-3,5,7-9,14H,4,6,10-12H2,(H,19,21). The van der Waals surface area contributed by atoms with Crippen molar-refractivity contribution in [3.63, 3.8) is 0 Å². The third kappa shape index (κ3) is 4.36. The van der Waals surface area contributed by atoms with Crippen molar-refractivity contribution in [2.75, 3.05) is 18.5 Å². The first-order valence-electron chi connectivity index (χ1n) is 7.67. The monoisotopic (exact) mass is 378 g/mol. The van der Waals surface area contributed by atoms with Gasteiger partial charge in [-0.3, -0.25) is 0 Å². The third-order valence-corrected chi connectivity index (χ3v) is 4.47. The van der Waals surface area contributed by atoms with Gasteiger partial charge in [0, 0.05) is 17.6 Å². The molecule has 0 bridgehead atoms. The van der Waals surface area contributed by atoms with Gasteiger partial charge in [0.1, 0.15) is 5.76 Å². The molecule has 0 aliphatic carbocycles. The van der Waals surface area contributed by atoms with Crippen LogP contribution in [0.2, 0.25) is 0 Å². The summed E-state index contributed by atoms with van der Waals surface area (Å²) in [6.07, 6.45) is 3.74. The number of benzene rings is 1. The number of amides is 2. The van der Waals surface area contributed by atoms with Gasteiger partial charge in [-0.05, 0) is 53.0 Å². The Bertz CT molecular complexity index is 639. The molecule has 2 heterocycles. The third-order valence-electron chi connectivity index (χ3n) is 3.78.